The SMILES string of the molecule is CCN(CC)CC(N)CCS. The van der Waals surface area contributed by atoms with Crippen LogP contribution in [0.5, 0.6) is 0 Å². The maximum Gasteiger partial charge on any atom is 0.0175 e. The number of nitrogens with two attached hydrogens (primary N) is 1. The molecule has 0 aromatic rings. The molecule has 0 heterocycles. The third-order valence-corrected chi connectivity index (χ3v) is 2.15. The van der Waals surface area contributed by atoms with Gasteiger partial charge in [0.2, 0.25) is 0 Å². The molecule has 0 aromatic carbocycles. The van der Waals surface area contributed by atoms with Gasteiger partial charge in [0.15, 0.2) is 0 Å². The summed E-state index contributed by atoms with van der Waals surface area (Å²) in [5, 5.41) is 0. The van der Waals surface area contributed by atoms with Crippen LogP contribution in [0.3, 0.4) is 0 Å². The third kappa shape index (κ3) is 5.53. The van der Waals surface area contributed by atoms with E-state index in [4.69, 9.17) is 5.73 Å². The molecule has 2 nitrogen and oxygen atoms in total. The Morgan fingerprint density at radius 2 is 1.91 bits per heavy atom. The molecule has 0 saturated heterocycles. The zero-order chi connectivity index (χ0) is 8.69. The van der Waals surface area contributed by atoms with Crippen LogP contribution in [-0.4, -0.2) is 36.3 Å². The van der Waals surface area contributed by atoms with Gasteiger partial charge in [-0.05, 0) is 25.3 Å². The van der Waals surface area contributed by atoms with E-state index in [0.29, 0.717) is 6.04 Å². The predicted molar refractivity (Wildman–Crippen MR) is 54.2 cm³/mol. The van der Waals surface area contributed by atoms with Crippen LogP contribution in [0, 0.1) is 0 Å². The fraction of sp³-hybridized carbons (Fsp3) is 1.00. The van der Waals surface area contributed by atoms with Crippen molar-refractivity contribution in [3.05, 3.63) is 0 Å². The number of rotatable bonds is 6. The number of hydrogen-bond donors (Lipinski definition) is 2. The molecule has 0 aliphatic rings. The van der Waals surface area contributed by atoms with Crippen molar-refractivity contribution < 1.29 is 0 Å². The molecular weight excluding hydrogens is 156 g/mol. The van der Waals surface area contributed by atoms with Crippen molar-refractivity contribution in [2.45, 2.75) is 26.3 Å². The maximum absolute atomic E-state index is 5.85. The quantitative estimate of drug-likeness (QED) is 0.591. The topological polar surface area (TPSA) is 29.3 Å². The van der Waals surface area contributed by atoms with E-state index in [1.165, 1.54) is 0 Å². The second-order valence-electron chi connectivity index (χ2n) is 2.76. The van der Waals surface area contributed by atoms with Gasteiger partial charge in [-0.15, -0.1) is 0 Å². The van der Waals surface area contributed by atoms with E-state index < -0.39 is 0 Å². The highest BCUT2D eigenvalue weighted by molar-refractivity contribution is 7.80. The Morgan fingerprint density at radius 3 is 2.27 bits per heavy atom. The average molecular weight is 176 g/mol. The summed E-state index contributed by atoms with van der Waals surface area (Å²) in [6.45, 7) is 7.52. The van der Waals surface area contributed by atoms with Crippen molar-refractivity contribution in [2.24, 2.45) is 5.73 Å². The van der Waals surface area contributed by atoms with Gasteiger partial charge >= 0.3 is 0 Å². The number of likely N-dealkylation sites (N-methyl/N-ethyl adjacent to an activating group) is 1. The molecule has 0 bridgehead atoms. The molecule has 0 spiro atoms. The monoisotopic (exact) mass is 176 g/mol. The van der Waals surface area contributed by atoms with Crippen molar-refractivity contribution in [1.29, 1.82) is 0 Å². The van der Waals surface area contributed by atoms with Gasteiger partial charge in [-0.25, -0.2) is 0 Å². The van der Waals surface area contributed by atoms with Crippen LogP contribution in [0.15, 0.2) is 0 Å². The standard InChI is InChI=1S/C8H20N2S/c1-3-10(4-2)7-8(9)5-6-11/h8,11H,3-7,9H2,1-2H3. The molecule has 1 atom stereocenters. The molecule has 0 aliphatic heterocycles. The Bertz CT molecular complexity index is 84.2. The van der Waals surface area contributed by atoms with E-state index >= 15 is 0 Å². The van der Waals surface area contributed by atoms with E-state index in [-0.39, 0.29) is 0 Å². The lowest BCUT2D eigenvalue weighted by atomic mass is 10.2. The summed E-state index contributed by atoms with van der Waals surface area (Å²) < 4.78 is 0. The number of nitrogens with zero attached hydrogens (tertiary/aromatic N) is 1. The van der Waals surface area contributed by atoms with Gasteiger partial charge in [0.25, 0.3) is 0 Å². The van der Waals surface area contributed by atoms with Crippen LogP contribution in [0.4, 0.5) is 0 Å². The van der Waals surface area contributed by atoms with Crippen LogP contribution in [0.1, 0.15) is 20.3 Å². The first-order chi connectivity index (χ1) is 5.24. The lowest BCUT2D eigenvalue weighted by molar-refractivity contribution is 0.281. The van der Waals surface area contributed by atoms with Crippen molar-refractivity contribution in [2.75, 3.05) is 25.4 Å². The lowest BCUT2D eigenvalue weighted by Gasteiger charge is -2.21. The molecular formula is C8H20N2S. The highest BCUT2D eigenvalue weighted by Crippen LogP contribution is 1.95. The summed E-state index contributed by atoms with van der Waals surface area (Å²) in [6.07, 6.45) is 1.01. The van der Waals surface area contributed by atoms with Gasteiger partial charge in [-0.1, -0.05) is 13.8 Å². The summed E-state index contributed by atoms with van der Waals surface area (Å²) in [4.78, 5) is 2.34. The molecule has 0 amide bonds. The first kappa shape index (κ1) is 11.3. The zero-order valence-electron chi connectivity index (χ0n) is 7.58. The predicted octanol–water partition coefficient (Wildman–Crippen LogP) is 0.975. The second-order valence-corrected chi connectivity index (χ2v) is 3.21. The van der Waals surface area contributed by atoms with Gasteiger partial charge in [0.05, 0.1) is 0 Å². The molecule has 68 valence electrons. The first-order valence-corrected chi connectivity index (χ1v) is 4.96. The molecule has 0 saturated carbocycles. The van der Waals surface area contributed by atoms with Crippen LogP contribution in [0.25, 0.3) is 0 Å². The van der Waals surface area contributed by atoms with Gasteiger partial charge in [0.1, 0.15) is 0 Å². The van der Waals surface area contributed by atoms with E-state index in [2.05, 4.69) is 31.4 Å². The van der Waals surface area contributed by atoms with E-state index in [1.54, 1.807) is 0 Å². The largest absolute Gasteiger partial charge is 0.327 e. The molecule has 0 rings (SSSR count). The Labute approximate surface area is 75.5 Å². The Balaban J connectivity index is 3.44. The molecule has 0 aromatic heterocycles. The summed E-state index contributed by atoms with van der Waals surface area (Å²) in [6, 6.07) is 0.299. The van der Waals surface area contributed by atoms with Crippen molar-refractivity contribution in [3.63, 3.8) is 0 Å². The third-order valence-electron chi connectivity index (χ3n) is 1.89. The minimum absolute atomic E-state index is 0.299. The van der Waals surface area contributed by atoms with Crippen molar-refractivity contribution >= 4 is 12.6 Å². The Hall–Kier alpha value is 0.270. The summed E-state index contributed by atoms with van der Waals surface area (Å²) in [5.41, 5.74) is 5.85. The molecule has 11 heavy (non-hydrogen) atoms. The summed E-state index contributed by atoms with van der Waals surface area (Å²) >= 11 is 4.14. The van der Waals surface area contributed by atoms with Crippen LogP contribution < -0.4 is 5.73 Å². The number of hydrogen-bond acceptors (Lipinski definition) is 3. The Morgan fingerprint density at radius 1 is 1.36 bits per heavy atom. The van der Waals surface area contributed by atoms with E-state index in [0.717, 1.165) is 31.8 Å². The second kappa shape index (κ2) is 6.95. The van der Waals surface area contributed by atoms with E-state index in [9.17, 15) is 0 Å². The normalized spacial score (nSPS) is 13.9. The molecule has 0 aliphatic carbocycles. The fourth-order valence-corrected chi connectivity index (χ4v) is 1.40. The molecule has 2 N–H and O–H groups in total. The summed E-state index contributed by atoms with van der Waals surface area (Å²) in [7, 11) is 0. The lowest BCUT2D eigenvalue weighted by Crippen LogP contribution is -2.37. The minimum Gasteiger partial charge on any atom is -0.327 e. The van der Waals surface area contributed by atoms with Crippen LogP contribution in [0.2, 0.25) is 0 Å². The van der Waals surface area contributed by atoms with Crippen molar-refractivity contribution in [3.8, 4) is 0 Å². The molecule has 1 unspecified atom stereocenters. The zero-order valence-corrected chi connectivity index (χ0v) is 8.48. The van der Waals surface area contributed by atoms with Gasteiger partial charge in [0, 0.05) is 12.6 Å². The highest BCUT2D eigenvalue weighted by Gasteiger charge is 2.05. The fourth-order valence-electron chi connectivity index (χ4n) is 1.07. The van der Waals surface area contributed by atoms with Gasteiger partial charge in [-0.2, -0.15) is 12.6 Å². The van der Waals surface area contributed by atoms with Crippen LogP contribution >= 0.6 is 12.6 Å². The average Bonchev–Trinajstić information content (AvgIpc) is 2.01. The number of thiol groups is 1. The molecule has 0 radical (unpaired) electrons. The first-order valence-electron chi connectivity index (χ1n) is 4.33. The van der Waals surface area contributed by atoms with E-state index in [1.807, 2.05) is 0 Å². The summed E-state index contributed by atoms with van der Waals surface area (Å²) in [5.74, 6) is 0.891. The van der Waals surface area contributed by atoms with Crippen molar-refractivity contribution in [1.82, 2.24) is 4.90 Å². The van der Waals surface area contributed by atoms with Gasteiger partial charge < -0.3 is 10.6 Å². The van der Waals surface area contributed by atoms with Crippen LogP contribution in [-0.2, 0) is 0 Å². The minimum atomic E-state index is 0.299. The maximum atomic E-state index is 5.85. The highest BCUT2D eigenvalue weighted by atomic mass is 32.1. The molecule has 0 fully saturated rings. The Kier molecular flexibility index (Phi) is 7.12. The smallest absolute Gasteiger partial charge is 0.0175 e. The van der Waals surface area contributed by atoms with Gasteiger partial charge in [-0.3, -0.25) is 0 Å². The molecule has 3 heteroatoms.